The Morgan fingerprint density at radius 3 is 2.42 bits per heavy atom. The molecule has 0 unspecified atom stereocenters. The molecular formula is C17H22F3NO3. The standard InChI is InChI=1S/C17H22F3NO3/c1-16(2,3)24-15(23)21-9-8-12(14(22)10-21)11-6-4-5-7-13(11)17(18,19)20/h4-7,12,14,22H,8-10H2,1-3H3/t12-,14-/m0/s1. The van der Waals surface area contributed by atoms with Gasteiger partial charge in [0.05, 0.1) is 18.2 Å². The van der Waals surface area contributed by atoms with E-state index in [9.17, 15) is 23.1 Å². The van der Waals surface area contributed by atoms with Gasteiger partial charge in [-0.15, -0.1) is 0 Å². The minimum Gasteiger partial charge on any atom is -0.444 e. The number of hydrogen-bond acceptors (Lipinski definition) is 3. The minimum absolute atomic E-state index is 0.0498. The summed E-state index contributed by atoms with van der Waals surface area (Å²) in [5.74, 6) is -0.665. The molecule has 1 aliphatic rings. The van der Waals surface area contributed by atoms with E-state index < -0.39 is 35.5 Å². The molecule has 24 heavy (non-hydrogen) atoms. The number of hydrogen-bond donors (Lipinski definition) is 1. The van der Waals surface area contributed by atoms with Crippen molar-refractivity contribution in [3.05, 3.63) is 35.4 Å². The molecule has 1 aromatic rings. The average Bonchev–Trinajstić information content (AvgIpc) is 2.44. The highest BCUT2D eigenvalue weighted by Gasteiger charge is 2.39. The van der Waals surface area contributed by atoms with Crippen molar-refractivity contribution in [1.29, 1.82) is 0 Å². The quantitative estimate of drug-likeness (QED) is 0.842. The van der Waals surface area contributed by atoms with Gasteiger partial charge >= 0.3 is 12.3 Å². The largest absolute Gasteiger partial charge is 0.444 e. The summed E-state index contributed by atoms with van der Waals surface area (Å²) in [6.45, 7) is 5.38. The topological polar surface area (TPSA) is 49.8 Å². The summed E-state index contributed by atoms with van der Waals surface area (Å²) in [5, 5.41) is 10.3. The van der Waals surface area contributed by atoms with E-state index in [1.807, 2.05) is 0 Å². The van der Waals surface area contributed by atoms with Gasteiger partial charge in [0.2, 0.25) is 0 Å². The van der Waals surface area contributed by atoms with Crippen LogP contribution in [0.5, 0.6) is 0 Å². The number of aliphatic hydroxyl groups excluding tert-OH is 1. The van der Waals surface area contributed by atoms with E-state index in [1.54, 1.807) is 20.8 Å². The first-order valence-corrected chi connectivity index (χ1v) is 7.81. The van der Waals surface area contributed by atoms with Crippen LogP contribution < -0.4 is 0 Å². The minimum atomic E-state index is -4.47. The van der Waals surface area contributed by atoms with Crippen molar-refractivity contribution in [3.63, 3.8) is 0 Å². The number of amides is 1. The fourth-order valence-corrected chi connectivity index (χ4v) is 2.87. The SMILES string of the molecule is CC(C)(C)OC(=O)N1CC[C@@H](c2ccccc2C(F)(F)F)[C@@H](O)C1. The summed E-state index contributed by atoms with van der Waals surface area (Å²) >= 11 is 0. The fraction of sp³-hybridized carbons (Fsp3) is 0.588. The van der Waals surface area contributed by atoms with Crippen LogP contribution in [0.25, 0.3) is 0 Å². The van der Waals surface area contributed by atoms with Crippen LogP contribution in [-0.2, 0) is 10.9 Å². The third-order valence-electron chi connectivity index (χ3n) is 3.90. The smallest absolute Gasteiger partial charge is 0.416 e. The van der Waals surface area contributed by atoms with E-state index in [2.05, 4.69) is 0 Å². The zero-order valence-electron chi connectivity index (χ0n) is 13.9. The van der Waals surface area contributed by atoms with E-state index >= 15 is 0 Å². The molecule has 1 heterocycles. The fourth-order valence-electron chi connectivity index (χ4n) is 2.87. The summed E-state index contributed by atoms with van der Waals surface area (Å²) in [6, 6.07) is 5.26. The molecule has 0 spiro atoms. The number of piperidine rings is 1. The molecule has 7 heteroatoms. The molecule has 0 aromatic heterocycles. The Hall–Kier alpha value is -1.76. The second-order valence-corrected chi connectivity index (χ2v) is 6.97. The first-order chi connectivity index (χ1) is 11.0. The first kappa shape index (κ1) is 18.6. The normalized spacial score (nSPS) is 22.4. The van der Waals surface area contributed by atoms with Gasteiger partial charge in [-0.3, -0.25) is 0 Å². The van der Waals surface area contributed by atoms with E-state index in [1.165, 1.54) is 23.1 Å². The summed E-state index contributed by atoms with van der Waals surface area (Å²) in [5.41, 5.74) is -1.33. The van der Waals surface area contributed by atoms with Crippen molar-refractivity contribution in [3.8, 4) is 0 Å². The number of benzene rings is 1. The molecule has 1 aromatic carbocycles. The summed E-state index contributed by atoms with van der Waals surface area (Å²) in [7, 11) is 0. The molecule has 1 N–H and O–H groups in total. The Morgan fingerprint density at radius 1 is 1.25 bits per heavy atom. The second kappa shape index (κ2) is 6.63. The highest BCUT2D eigenvalue weighted by Crippen LogP contribution is 2.38. The Balaban J connectivity index is 2.14. The third kappa shape index (κ3) is 4.41. The third-order valence-corrected chi connectivity index (χ3v) is 3.90. The lowest BCUT2D eigenvalue weighted by molar-refractivity contribution is -0.138. The first-order valence-electron chi connectivity index (χ1n) is 7.81. The van der Waals surface area contributed by atoms with Gasteiger partial charge in [0.25, 0.3) is 0 Å². The molecule has 1 amide bonds. The zero-order valence-corrected chi connectivity index (χ0v) is 13.9. The molecule has 4 nitrogen and oxygen atoms in total. The Bertz CT molecular complexity index is 595. The van der Waals surface area contributed by atoms with Crippen molar-refractivity contribution in [2.45, 2.75) is 51.0 Å². The number of alkyl halides is 3. The maximum Gasteiger partial charge on any atom is 0.416 e. The Morgan fingerprint density at radius 2 is 1.88 bits per heavy atom. The lowest BCUT2D eigenvalue weighted by atomic mass is 9.84. The molecular weight excluding hydrogens is 323 g/mol. The number of β-amino-alcohol motifs (C(OH)–C–C–N with tert-alkyl or cyclic N) is 1. The number of ether oxygens (including phenoxy) is 1. The van der Waals surface area contributed by atoms with Gasteiger partial charge in [-0.2, -0.15) is 13.2 Å². The molecule has 0 aliphatic carbocycles. The van der Waals surface area contributed by atoms with Crippen LogP contribution in [-0.4, -0.2) is 40.9 Å². The highest BCUT2D eigenvalue weighted by molar-refractivity contribution is 5.68. The van der Waals surface area contributed by atoms with Gasteiger partial charge in [0, 0.05) is 12.5 Å². The van der Waals surface area contributed by atoms with Crippen LogP contribution in [0.3, 0.4) is 0 Å². The molecule has 1 fully saturated rings. The van der Waals surface area contributed by atoms with Crippen molar-refractivity contribution >= 4 is 6.09 Å². The molecule has 1 saturated heterocycles. The van der Waals surface area contributed by atoms with Gasteiger partial charge in [-0.25, -0.2) is 4.79 Å². The molecule has 0 bridgehead atoms. The monoisotopic (exact) mass is 345 g/mol. The lowest BCUT2D eigenvalue weighted by Gasteiger charge is -2.37. The van der Waals surface area contributed by atoms with Crippen LogP contribution in [0.2, 0.25) is 0 Å². The maximum absolute atomic E-state index is 13.2. The van der Waals surface area contributed by atoms with Gasteiger partial charge in [-0.1, -0.05) is 18.2 Å². The van der Waals surface area contributed by atoms with Gasteiger partial charge in [0.1, 0.15) is 5.60 Å². The summed E-state index contributed by atoms with van der Waals surface area (Å²) in [4.78, 5) is 13.4. The van der Waals surface area contributed by atoms with Gasteiger partial charge < -0.3 is 14.7 Å². The van der Waals surface area contributed by atoms with Crippen LogP contribution in [0.4, 0.5) is 18.0 Å². The van der Waals surface area contributed by atoms with Crippen LogP contribution in [0.15, 0.2) is 24.3 Å². The number of carbonyl (C=O) groups is 1. The van der Waals surface area contributed by atoms with Crippen molar-refractivity contribution < 1.29 is 27.8 Å². The van der Waals surface area contributed by atoms with E-state index in [4.69, 9.17) is 4.74 Å². The molecule has 1 aliphatic heterocycles. The molecule has 2 atom stereocenters. The van der Waals surface area contributed by atoms with Crippen LogP contribution >= 0.6 is 0 Å². The predicted molar refractivity (Wildman–Crippen MR) is 82.6 cm³/mol. The molecule has 134 valence electrons. The second-order valence-electron chi connectivity index (χ2n) is 6.97. The van der Waals surface area contributed by atoms with Gasteiger partial charge in [-0.05, 0) is 38.8 Å². The van der Waals surface area contributed by atoms with Crippen molar-refractivity contribution in [2.75, 3.05) is 13.1 Å². The number of rotatable bonds is 1. The van der Waals surface area contributed by atoms with Crippen LogP contribution in [0.1, 0.15) is 44.2 Å². The average molecular weight is 345 g/mol. The Kier molecular flexibility index (Phi) is 5.13. The summed E-state index contributed by atoms with van der Waals surface area (Å²) in [6.07, 6.45) is -5.87. The predicted octanol–water partition coefficient (Wildman–Crippen LogP) is 3.79. The number of likely N-dealkylation sites (tertiary alicyclic amines) is 1. The number of carbonyl (C=O) groups excluding carboxylic acids is 1. The zero-order chi connectivity index (χ0) is 18.1. The number of aliphatic hydroxyl groups is 1. The van der Waals surface area contributed by atoms with Crippen LogP contribution in [0, 0.1) is 0 Å². The number of halogens is 3. The maximum atomic E-state index is 13.2. The molecule has 2 rings (SSSR count). The summed E-state index contributed by atoms with van der Waals surface area (Å²) < 4.78 is 44.7. The number of nitrogens with zero attached hydrogens (tertiary/aromatic N) is 1. The molecule has 0 radical (unpaired) electrons. The van der Waals surface area contributed by atoms with Crippen molar-refractivity contribution in [2.24, 2.45) is 0 Å². The van der Waals surface area contributed by atoms with E-state index in [0.717, 1.165) is 6.07 Å². The highest BCUT2D eigenvalue weighted by atomic mass is 19.4. The van der Waals surface area contributed by atoms with E-state index in [0.29, 0.717) is 0 Å². The van der Waals surface area contributed by atoms with Gasteiger partial charge in [0.15, 0.2) is 0 Å². The Labute approximate surface area is 139 Å². The van der Waals surface area contributed by atoms with E-state index in [-0.39, 0.29) is 25.1 Å². The molecule has 0 saturated carbocycles. The van der Waals surface area contributed by atoms with Crippen molar-refractivity contribution in [1.82, 2.24) is 4.90 Å². The lowest BCUT2D eigenvalue weighted by Crippen LogP contribution is -2.47.